The van der Waals surface area contributed by atoms with Crippen molar-refractivity contribution in [2.75, 3.05) is 11.1 Å². The van der Waals surface area contributed by atoms with Crippen LogP contribution in [-0.2, 0) is 0 Å². The number of nitrogens with two attached hydrogens (primary N) is 1. The minimum atomic E-state index is -0.637. The van der Waals surface area contributed by atoms with E-state index in [1.165, 1.54) is 24.3 Å². The van der Waals surface area contributed by atoms with Gasteiger partial charge in [0.15, 0.2) is 0 Å². The number of carbonyl (C=O) groups is 1. The molecule has 0 aromatic heterocycles. The number of hydrogen-bond acceptors (Lipinski definition) is 2. The quantitative estimate of drug-likeness (QED) is 0.817. The fourth-order valence-electron chi connectivity index (χ4n) is 1.61. The molecule has 0 fully saturated rings. The molecule has 5 heteroatoms. The molecule has 0 radical (unpaired) electrons. The molecule has 0 saturated carbocycles. The van der Waals surface area contributed by atoms with Crippen LogP contribution in [0.15, 0.2) is 36.4 Å². The Morgan fingerprint density at radius 2 is 1.84 bits per heavy atom. The third kappa shape index (κ3) is 2.88. The van der Waals surface area contributed by atoms with E-state index < -0.39 is 17.5 Å². The van der Waals surface area contributed by atoms with Gasteiger partial charge in [0.2, 0.25) is 0 Å². The van der Waals surface area contributed by atoms with Crippen molar-refractivity contribution in [2.24, 2.45) is 0 Å². The summed E-state index contributed by atoms with van der Waals surface area (Å²) in [4.78, 5) is 11.8. The molecule has 2 aromatic carbocycles. The molecule has 3 nitrogen and oxygen atoms in total. The Morgan fingerprint density at radius 3 is 2.47 bits per heavy atom. The fraction of sp³-hybridized carbons (Fsp3) is 0.0714. The number of benzene rings is 2. The summed E-state index contributed by atoms with van der Waals surface area (Å²) in [7, 11) is 0. The molecular formula is C14H12F2N2O. The van der Waals surface area contributed by atoms with Crippen molar-refractivity contribution in [3.8, 4) is 0 Å². The number of anilines is 2. The zero-order valence-corrected chi connectivity index (χ0v) is 10.2. The van der Waals surface area contributed by atoms with Gasteiger partial charge in [0, 0.05) is 5.69 Å². The van der Waals surface area contributed by atoms with Crippen LogP contribution in [0.4, 0.5) is 20.2 Å². The summed E-state index contributed by atoms with van der Waals surface area (Å²) < 4.78 is 26.8. The highest BCUT2D eigenvalue weighted by atomic mass is 19.1. The molecule has 0 spiro atoms. The van der Waals surface area contributed by atoms with Crippen molar-refractivity contribution in [3.63, 3.8) is 0 Å². The zero-order chi connectivity index (χ0) is 14.0. The lowest BCUT2D eigenvalue weighted by atomic mass is 10.1. The number of rotatable bonds is 2. The van der Waals surface area contributed by atoms with Crippen LogP contribution < -0.4 is 11.1 Å². The molecule has 19 heavy (non-hydrogen) atoms. The lowest BCUT2D eigenvalue weighted by molar-refractivity contribution is 0.102. The number of carbonyl (C=O) groups excluding carboxylic acids is 1. The Balaban J connectivity index is 2.23. The van der Waals surface area contributed by atoms with E-state index in [1.54, 1.807) is 13.0 Å². The maximum atomic E-state index is 13.6. The maximum Gasteiger partial charge on any atom is 0.258 e. The minimum Gasteiger partial charge on any atom is -0.396 e. The van der Waals surface area contributed by atoms with E-state index >= 15 is 0 Å². The molecule has 2 rings (SSSR count). The molecule has 0 aliphatic rings. The van der Waals surface area contributed by atoms with Gasteiger partial charge in [-0.15, -0.1) is 0 Å². The first-order valence-electron chi connectivity index (χ1n) is 5.60. The summed E-state index contributed by atoms with van der Waals surface area (Å²) in [5.41, 5.74) is 6.15. The summed E-state index contributed by atoms with van der Waals surface area (Å²) in [6.45, 7) is 1.72. The monoisotopic (exact) mass is 262 g/mol. The molecule has 3 N–H and O–H groups in total. The second kappa shape index (κ2) is 5.06. The van der Waals surface area contributed by atoms with Gasteiger partial charge < -0.3 is 11.1 Å². The standard InChI is InChI=1S/C14H12F2N2O/c1-8-2-4-10(11(15)6-8)14(19)18-9-3-5-13(17)12(16)7-9/h2-7H,17H2,1H3,(H,18,19). The van der Waals surface area contributed by atoms with Crippen LogP contribution in [0.2, 0.25) is 0 Å². The third-order valence-corrected chi connectivity index (χ3v) is 2.63. The number of halogens is 2. The van der Waals surface area contributed by atoms with E-state index in [-0.39, 0.29) is 16.9 Å². The van der Waals surface area contributed by atoms with Crippen molar-refractivity contribution in [1.29, 1.82) is 0 Å². The molecule has 0 bridgehead atoms. The van der Waals surface area contributed by atoms with Gasteiger partial charge in [-0.1, -0.05) is 6.07 Å². The Morgan fingerprint density at radius 1 is 1.11 bits per heavy atom. The molecule has 98 valence electrons. The van der Waals surface area contributed by atoms with Crippen molar-refractivity contribution in [2.45, 2.75) is 6.92 Å². The van der Waals surface area contributed by atoms with Crippen molar-refractivity contribution >= 4 is 17.3 Å². The van der Waals surface area contributed by atoms with Crippen LogP contribution in [0.3, 0.4) is 0 Å². The van der Waals surface area contributed by atoms with Crippen LogP contribution in [0.1, 0.15) is 15.9 Å². The number of nitrogen functional groups attached to an aromatic ring is 1. The molecule has 2 aromatic rings. The smallest absolute Gasteiger partial charge is 0.258 e. The van der Waals surface area contributed by atoms with Crippen LogP contribution in [0.25, 0.3) is 0 Å². The highest BCUT2D eigenvalue weighted by molar-refractivity contribution is 6.04. The van der Waals surface area contributed by atoms with Gasteiger partial charge in [-0.05, 0) is 42.8 Å². The van der Waals surface area contributed by atoms with Gasteiger partial charge in [-0.25, -0.2) is 8.78 Å². The predicted molar refractivity (Wildman–Crippen MR) is 69.9 cm³/mol. The van der Waals surface area contributed by atoms with Gasteiger partial charge >= 0.3 is 0 Å². The minimum absolute atomic E-state index is 0.0143. The second-order valence-electron chi connectivity index (χ2n) is 4.17. The number of amides is 1. The topological polar surface area (TPSA) is 55.1 Å². The molecule has 0 aliphatic carbocycles. The van der Waals surface area contributed by atoms with Gasteiger partial charge in [0.05, 0.1) is 11.3 Å². The van der Waals surface area contributed by atoms with Crippen molar-refractivity contribution < 1.29 is 13.6 Å². The summed E-state index contributed by atoms with van der Waals surface area (Å²) in [6.07, 6.45) is 0. The zero-order valence-electron chi connectivity index (χ0n) is 10.2. The van der Waals surface area contributed by atoms with Gasteiger partial charge in [0.25, 0.3) is 5.91 Å². The SMILES string of the molecule is Cc1ccc(C(=O)Nc2ccc(N)c(F)c2)c(F)c1. The van der Waals surface area contributed by atoms with Crippen LogP contribution in [0.5, 0.6) is 0 Å². The lowest BCUT2D eigenvalue weighted by Gasteiger charge is -2.07. The van der Waals surface area contributed by atoms with Crippen LogP contribution >= 0.6 is 0 Å². The highest BCUT2D eigenvalue weighted by Crippen LogP contribution is 2.17. The summed E-state index contributed by atoms with van der Waals surface area (Å²) in [6, 6.07) is 8.13. The molecule has 0 atom stereocenters. The molecule has 0 unspecified atom stereocenters. The highest BCUT2D eigenvalue weighted by Gasteiger charge is 2.12. The van der Waals surface area contributed by atoms with E-state index in [9.17, 15) is 13.6 Å². The predicted octanol–water partition coefficient (Wildman–Crippen LogP) is 3.11. The average molecular weight is 262 g/mol. The Kier molecular flexibility index (Phi) is 3.46. The van der Waals surface area contributed by atoms with E-state index in [0.29, 0.717) is 5.56 Å². The molecular weight excluding hydrogens is 250 g/mol. The van der Waals surface area contributed by atoms with Crippen molar-refractivity contribution in [1.82, 2.24) is 0 Å². The Bertz CT molecular complexity index is 641. The summed E-state index contributed by atoms with van der Waals surface area (Å²) in [5, 5.41) is 2.41. The summed E-state index contributed by atoms with van der Waals surface area (Å²) in [5.74, 6) is -1.89. The van der Waals surface area contributed by atoms with Gasteiger partial charge in [-0.2, -0.15) is 0 Å². The fourth-order valence-corrected chi connectivity index (χ4v) is 1.61. The molecule has 1 amide bonds. The first-order valence-corrected chi connectivity index (χ1v) is 5.60. The first-order chi connectivity index (χ1) is 8.97. The van der Waals surface area contributed by atoms with E-state index in [2.05, 4.69) is 5.32 Å². The van der Waals surface area contributed by atoms with Gasteiger partial charge in [-0.3, -0.25) is 4.79 Å². The summed E-state index contributed by atoms with van der Waals surface area (Å²) >= 11 is 0. The number of aryl methyl sites for hydroxylation is 1. The lowest BCUT2D eigenvalue weighted by Crippen LogP contribution is -2.14. The Labute approximate surface area is 109 Å². The number of nitrogens with one attached hydrogen (secondary N) is 1. The second-order valence-corrected chi connectivity index (χ2v) is 4.17. The average Bonchev–Trinajstić information content (AvgIpc) is 2.33. The number of hydrogen-bond donors (Lipinski definition) is 2. The first kappa shape index (κ1) is 13.0. The van der Waals surface area contributed by atoms with Crippen LogP contribution in [-0.4, -0.2) is 5.91 Å². The van der Waals surface area contributed by atoms with Crippen molar-refractivity contribution in [3.05, 3.63) is 59.2 Å². The maximum absolute atomic E-state index is 13.6. The molecule has 0 aliphatic heterocycles. The van der Waals surface area contributed by atoms with Gasteiger partial charge in [0.1, 0.15) is 11.6 Å². The van der Waals surface area contributed by atoms with E-state index in [0.717, 1.165) is 6.07 Å². The largest absolute Gasteiger partial charge is 0.396 e. The Hall–Kier alpha value is -2.43. The normalized spacial score (nSPS) is 10.3. The third-order valence-electron chi connectivity index (χ3n) is 2.63. The molecule has 0 saturated heterocycles. The van der Waals surface area contributed by atoms with E-state index in [4.69, 9.17) is 5.73 Å². The van der Waals surface area contributed by atoms with Crippen LogP contribution in [0, 0.1) is 18.6 Å². The molecule has 0 heterocycles. The van der Waals surface area contributed by atoms with E-state index in [1.807, 2.05) is 0 Å².